The second kappa shape index (κ2) is 3.78. The van der Waals surface area contributed by atoms with Crippen LogP contribution in [0.2, 0.25) is 0 Å². The molecule has 0 aliphatic carbocycles. The van der Waals surface area contributed by atoms with Crippen LogP contribution >= 0.6 is 0 Å². The number of benzene rings is 1. The SMILES string of the molecule is CC(=O)NC(=O)c1ccc(N)c(O)c1. The number of anilines is 1. The first-order valence-corrected chi connectivity index (χ1v) is 3.91. The van der Waals surface area contributed by atoms with Crippen molar-refractivity contribution in [1.82, 2.24) is 5.32 Å². The van der Waals surface area contributed by atoms with Crippen molar-refractivity contribution in [1.29, 1.82) is 0 Å². The molecule has 0 aromatic heterocycles. The summed E-state index contributed by atoms with van der Waals surface area (Å²) in [6.07, 6.45) is 0. The zero-order valence-corrected chi connectivity index (χ0v) is 7.57. The van der Waals surface area contributed by atoms with Gasteiger partial charge in [0, 0.05) is 12.5 Å². The highest BCUT2D eigenvalue weighted by molar-refractivity contribution is 6.04. The number of nitrogens with one attached hydrogen (secondary N) is 1. The lowest BCUT2D eigenvalue weighted by Gasteiger charge is -2.03. The molecule has 1 aromatic rings. The number of nitrogen functional groups attached to an aromatic ring is 1. The van der Waals surface area contributed by atoms with Gasteiger partial charge in [0.05, 0.1) is 5.69 Å². The fourth-order valence-corrected chi connectivity index (χ4v) is 0.917. The van der Waals surface area contributed by atoms with Crippen LogP contribution in [-0.4, -0.2) is 16.9 Å². The third-order valence-corrected chi connectivity index (χ3v) is 1.58. The molecule has 4 N–H and O–H groups in total. The number of nitrogens with two attached hydrogens (primary N) is 1. The van der Waals surface area contributed by atoms with Gasteiger partial charge in [0.1, 0.15) is 5.75 Å². The molecule has 74 valence electrons. The topological polar surface area (TPSA) is 92.4 Å². The molecule has 0 spiro atoms. The number of aromatic hydroxyl groups is 1. The van der Waals surface area contributed by atoms with E-state index in [1.807, 2.05) is 0 Å². The van der Waals surface area contributed by atoms with Gasteiger partial charge in [-0.15, -0.1) is 0 Å². The molecule has 0 fully saturated rings. The Morgan fingerprint density at radius 3 is 2.57 bits per heavy atom. The molecule has 5 heteroatoms. The number of phenolic OH excluding ortho intramolecular Hbond substituents is 1. The van der Waals surface area contributed by atoms with Crippen molar-refractivity contribution in [2.45, 2.75) is 6.92 Å². The van der Waals surface area contributed by atoms with Gasteiger partial charge in [0.2, 0.25) is 5.91 Å². The van der Waals surface area contributed by atoms with Gasteiger partial charge in [-0.1, -0.05) is 0 Å². The normalized spacial score (nSPS) is 9.50. The summed E-state index contributed by atoms with van der Waals surface area (Å²) < 4.78 is 0. The molecule has 14 heavy (non-hydrogen) atoms. The van der Waals surface area contributed by atoms with Gasteiger partial charge in [-0.25, -0.2) is 0 Å². The number of hydrogen-bond acceptors (Lipinski definition) is 4. The van der Waals surface area contributed by atoms with Crippen molar-refractivity contribution in [3.05, 3.63) is 23.8 Å². The third-order valence-electron chi connectivity index (χ3n) is 1.58. The zero-order valence-electron chi connectivity index (χ0n) is 7.57. The minimum atomic E-state index is -0.562. The lowest BCUT2D eigenvalue weighted by Crippen LogP contribution is -2.27. The van der Waals surface area contributed by atoms with E-state index in [0.29, 0.717) is 0 Å². The van der Waals surface area contributed by atoms with Crippen molar-refractivity contribution in [2.75, 3.05) is 5.73 Å². The summed E-state index contributed by atoms with van der Waals surface area (Å²) >= 11 is 0. The van der Waals surface area contributed by atoms with Gasteiger partial charge in [0.15, 0.2) is 0 Å². The molecule has 1 rings (SSSR count). The van der Waals surface area contributed by atoms with Crippen LogP contribution < -0.4 is 11.1 Å². The smallest absolute Gasteiger partial charge is 0.257 e. The highest BCUT2D eigenvalue weighted by atomic mass is 16.3. The Morgan fingerprint density at radius 1 is 1.43 bits per heavy atom. The summed E-state index contributed by atoms with van der Waals surface area (Å²) in [5.74, 6) is -1.19. The molecule has 0 bridgehead atoms. The molecule has 0 saturated carbocycles. The summed E-state index contributed by atoms with van der Waals surface area (Å²) in [6.45, 7) is 1.23. The summed E-state index contributed by atoms with van der Waals surface area (Å²) in [5.41, 5.74) is 5.71. The monoisotopic (exact) mass is 194 g/mol. The Hall–Kier alpha value is -2.04. The van der Waals surface area contributed by atoms with E-state index in [1.165, 1.54) is 25.1 Å². The number of carbonyl (C=O) groups is 2. The number of carbonyl (C=O) groups excluding carboxylic acids is 2. The van der Waals surface area contributed by atoms with Crippen LogP contribution in [0.4, 0.5) is 5.69 Å². The molecule has 1 aromatic carbocycles. The van der Waals surface area contributed by atoms with E-state index >= 15 is 0 Å². The van der Waals surface area contributed by atoms with Crippen LogP contribution in [0.25, 0.3) is 0 Å². The molecule has 0 saturated heterocycles. The van der Waals surface area contributed by atoms with Gasteiger partial charge >= 0.3 is 0 Å². The first-order chi connectivity index (χ1) is 6.50. The van der Waals surface area contributed by atoms with E-state index in [4.69, 9.17) is 5.73 Å². The highest BCUT2D eigenvalue weighted by Crippen LogP contribution is 2.20. The van der Waals surface area contributed by atoms with Crippen molar-refractivity contribution < 1.29 is 14.7 Å². The molecule has 0 heterocycles. The Labute approximate surface area is 80.5 Å². The van der Waals surface area contributed by atoms with E-state index in [-0.39, 0.29) is 17.0 Å². The minimum Gasteiger partial charge on any atom is -0.506 e. The van der Waals surface area contributed by atoms with Crippen molar-refractivity contribution in [3.8, 4) is 5.75 Å². The maximum Gasteiger partial charge on any atom is 0.257 e. The Balaban J connectivity index is 2.91. The molecule has 5 nitrogen and oxygen atoms in total. The van der Waals surface area contributed by atoms with E-state index in [2.05, 4.69) is 5.32 Å². The average molecular weight is 194 g/mol. The van der Waals surface area contributed by atoms with Crippen LogP contribution in [0.15, 0.2) is 18.2 Å². The number of amides is 2. The van der Waals surface area contributed by atoms with Crippen molar-refractivity contribution in [3.63, 3.8) is 0 Å². The van der Waals surface area contributed by atoms with E-state index in [0.717, 1.165) is 0 Å². The maximum absolute atomic E-state index is 11.2. The highest BCUT2D eigenvalue weighted by Gasteiger charge is 2.08. The number of rotatable bonds is 1. The molecule has 0 atom stereocenters. The predicted octanol–water partition coefficient (Wildman–Crippen LogP) is 0.251. The van der Waals surface area contributed by atoms with Crippen LogP contribution in [-0.2, 0) is 4.79 Å². The first kappa shape index (κ1) is 10.0. The minimum absolute atomic E-state index is 0.179. The summed E-state index contributed by atoms with van der Waals surface area (Å²) in [5, 5.41) is 11.3. The fraction of sp³-hybridized carbons (Fsp3) is 0.111. The zero-order chi connectivity index (χ0) is 10.7. The number of imide groups is 1. The lowest BCUT2D eigenvalue weighted by atomic mass is 10.2. The molecule has 0 aliphatic rings. The Kier molecular flexibility index (Phi) is 2.71. The number of hydrogen-bond donors (Lipinski definition) is 3. The average Bonchev–Trinajstić information content (AvgIpc) is 2.08. The molecule has 0 aliphatic heterocycles. The van der Waals surface area contributed by atoms with Gasteiger partial charge in [-0.05, 0) is 18.2 Å². The molecular weight excluding hydrogens is 184 g/mol. The third kappa shape index (κ3) is 2.22. The summed E-state index contributed by atoms with van der Waals surface area (Å²) in [6, 6.07) is 4.02. The summed E-state index contributed by atoms with van der Waals surface area (Å²) in [7, 11) is 0. The van der Waals surface area contributed by atoms with Gasteiger partial charge in [-0.3, -0.25) is 14.9 Å². The van der Waals surface area contributed by atoms with Crippen LogP contribution in [0.3, 0.4) is 0 Å². The number of phenols is 1. The largest absolute Gasteiger partial charge is 0.506 e. The predicted molar refractivity (Wildman–Crippen MR) is 50.7 cm³/mol. The van der Waals surface area contributed by atoms with Crippen molar-refractivity contribution >= 4 is 17.5 Å². The fourth-order valence-electron chi connectivity index (χ4n) is 0.917. The van der Waals surface area contributed by atoms with Crippen molar-refractivity contribution in [2.24, 2.45) is 0 Å². The maximum atomic E-state index is 11.2. The molecular formula is C9H10N2O3. The van der Waals surface area contributed by atoms with E-state index < -0.39 is 11.8 Å². The Bertz CT molecular complexity index is 388. The standard InChI is InChI=1S/C9H10N2O3/c1-5(12)11-9(14)6-2-3-7(10)8(13)4-6/h2-4,13H,10H2,1H3,(H,11,12,14). The van der Waals surface area contributed by atoms with Gasteiger partial charge < -0.3 is 10.8 Å². The van der Waals surface area contributed by atoms with Gasteiger partial charge in [0.25, 0.3) is 5.91 Å². The molecule has 0 unspecified atom stereocenters. The first-order valence-electron chi connectivity index (χ1n) is 3.91. The molecule has 2 amide bonds. The van der Waals surface area contributed by atoms with Crippen LogP contribution in [0.5, 0.6) is 5.75 Å². The lowest BCUT2D eigenvalue weighted by molar-refractivity contribution is -0.118. The second-order valence-electron chi connectivity index (χ2n) is 2.78. The summed E-state index contributed by atoms with van der Waals surface area (Å²) in [4.78, 5) is 21.8. The van der Waals surface area contributed by atoms with Crippen LogP contribution in [0, 0.1) is 0 Å². The van der Waals surface area contributed by atoms with Gasteiger partial charge in [-0.2, -0.15) is 0 Å². The molecule has 0 radical (unpaired) electrons. The quantitative estimate of drug-likeness (QED) is 0.441. The second-order valence-corrected chi connectivity index (χ2v) is 2.78. The van der Waals surface area contributed by atoms with E-state index in [1.54, 1.807) is 0 Å². The van der Waals surface area contributed by atoms with E-state index in [9.17, 15) is 14.7 Å². The Morgan fingerprint density at radius 2 is 2.07 bits per heavy atom. The van der Waals surface area contributed by atoms with Crippen LogP contribution in [0.1, 0.15) is 17.3 Å².